The van der Waals surface area contributed by atoms with E-state index in [2.05, 4.69) is 61.2 Å². The predicted molar refractivity (Wildman–Crippen MR) is 93.0 cm³/mol. The molecule has 0 spiro atoms. The van der Waals surface area contributed by atoms with Gasteiger partial charge in [-0.3, -0.25) is 0 Å². The molecule has 0 radical (unpaired) electrons. The largest absolute Gasteiger partial charge is 0.400 e. The Kier molecular flexibility index (Phi) is 4.38. The van der Waals surface area contributed by atoms with E-state index in [0.29, 0.717) is 13.2 Å². The molecule has 0 saturated heterocycles. The second-order valence-electron chi connectivity index (χ2n) is 5.38. The first kappa shape index (κ1) is 15.0. The smallest absolute Gasteiger partial charge is 0.288 e. The van der Waals surface area contributed by atoms with Crippen LogP contribution in [0.1, 0.15) is 0 Å². The molecule has 22 heavy (non-hydrogen) atoms. The zero-order valence-electron chi connectivity index (χ0n) is 12.8. The van der Waals surface area contributed by atoms with E-state index in [0.717, 1.165) is 5.57 Å². The van der Waals surface area contributed by atoms with Crippen molar-refractivity contribution in [2.24, 2.45) is 0 Å². The molecule has 0 fully saturated rings. The van der Waals surface area contributed by atoms with E-state index in [4.69, 9.17) is 9.16 Å². The molecule has 0 aromatic heterocycles. The first-order valence-corrected chi connectivity index (χ1v) is 9.32. The van der Waals surface area contributed by atoms with Crippen molar-refractivity contribution in [3.05, 3.63) is 84.1 Å². The van der Waals surface area contributed by atoms with Crippen molar-refractivity contribution < 1.29 is 9.16 Å². The average molecular weight is 308 g/mol. The first-order chi connectivity index (χ1) is 10.8. The predicted octanol–water partition coefficient (Wildman–Crippen LogP) is 2.44. The third-order valence-electron chi connectivity index (χ3n) is 4.03. The lowest BCUT2D eigenvalue weighted by atomic mass is 10.3. The maximum atomic E-state index is 6.42. The summed E-state index contributed by atoms with van der Waals surface area (Å²) in [6, 6.07) is 21.0. The van der Waals surface area contributed by atoms with Gasteiger partial charge in [-0.15, -0.1) is 0 Å². The summed E-state index contributed by atoms with van der Waals surface area (Å²) in [5, 5.41) is 3.73. The van der Waals surface area contributed by atoms with Crippen molar-refractivity contribution in [1.29, 1.82) is 0 Å². The lowest BCUT2D eigenvalue weighted by Crippen LogP contribution is -2.61. The van der Waals surface area contributed by atoms with Crippen LogP contribution in [0.3, 0.4) is 0 Å². The summed E-state index contributed by atoms with van der Waals surface area (Å²) in [4.78, 5) is 0. The number of methoxy groups -OCH3 is 1. The third kappa shape index (κ3) is 2.48. The van der Waals surface area contributed by atoms with Gasteiger partial charge in [0.05, 0.1) is 13.2 Å². The first-order valence-electron chi connectivity index (χ1n) is 7.42. The lowest BCUT2D eigenvalue weighted by molar-refractivity contribution is 0.228. The van der Waals surface area contributed by atoms with Crippen molar-refractivity contribution in [2.75, 3.05) is 20.3 Å². The monoisotopic (exact) mass is 308 g/mol. The van der Waals surface area contributed by atoms with E-state index in [1.807, 2.05) is 12.1 Å². The molecule has 0 N–H and O–H groups in total. The van der Waals surface area contributed by atoms with Crippen LogP contribution in [0.2, 0.25) is 0 Å². The summed E-state index contributed by atoms with van der Waals surface area (Å²) in [5.41, 5.74) is 1.01. The Morgan fingerprint density at radius 1 is 1.05 bits per heavy atom. The molecule has 3 rings (SSSR count). The zero-order chi connectivity index (χ0) is 15.4. The molecule has 2 nitrogen and oxygen atoms in total. The van der Waals surface area contributed by atoms with E-state index < -0.39 is 8.32 Å². The maximum Gasteiger partial charge on any atom is 0.288 e. The minimum absolute atomic E-state index is 0.531. The molecular weight excluding hydrogens is 288 g/mol. The second kappa shape index (κ2) is 6.44. The van der Waals surface area contributed by atoms with Gasteiger partial charge in [0.2, 0.25) is 0 Å². The molecule has 0 saturated carbocycles. The Morgan fingerprint density at radius 2 is 1.59 bits per heavy atom. The standard InChI is InChI=1S/C19H20O2Si/c1-16(15-20-2)19-13-14-21-22(19,17-9-5-3-6-10-17)18-11-7-4-8-12-18/h3-13H,1,14-15H2,2H3. The van der Waals surface area contributed by atoms with E-state index in [9.17, 15) is 0 Å². The Bertz CT molecular complexity index is 638. The highest BCUT2D eigenvalue weighted by Crippen LogP contribution is 2.28. The number of ether oxygens (including phenoxy) is 1. The second-order valence-corrected chi connectivity index (χ2v) is 8.72. The Hall–Kier alpha value is -1.94. The van der Waals surface area contributed by atoms with Crippen molar-refractivity contribution in [3.8, 4) is 0 Å². The van der Waals surface area contributed by atoms with Crippen LogP contribution >= 0.6 is 0 Å². The van der Waals surface area contributed by atoms with Gasteiger partial charge in [0, 0.05) is 7.11 Å². The average Bonchev–Trinajstić information content (AvgIpc) is 3.03. The summed E-state index contributed by atoms with van der Waals surface area (Å²) < 4.78 is 11.7. The summed E-state index contributed by atoms with van der Waals surface area (Å²) in [7, 11) is -0.729. The molecule has 0 bridgehead atoms. The molecule has 0 amide bonds. The quantitative estimate of drug-likeness (QED) is 0.790. The number of rotatable bonds is 5. The fourth-order valence-electron chi connectivity index (χ4n) is 3.11. The SMILES string of the molecule is C=C(COC)C1=CCO[Si]1(c1ccccc1)c1ccccc1. The van der Waals surface area contributed by atoms with Gasteiger partial charge in [-0.1, -0.05) is 73.3 Å². The van der Waals surface area contributed by atoms with Crippen LogP contribution in [0.15, 0.2) is 84.1 Å². The number of hydrogen-bond donors (Lipinski definition) is 0. The Balaban J connectivity index is 2.17. The highest BCUT2D eigenvalue weighted by Gasteiger charge is 2.46. The highest BCUT2D eigenvalue weighted by atomic mass is 28.4. The normalized spacial score (nSPS) is 16.3. The van der Waals surface area contributed by atoms with E-state index >= 15 is 0 Å². The van der Waals surface area contributed by atoms with Crippen LogP contribution in [0, 0.1) is 0 Å². The molecule has 1 aliphatic heterocycles. The third-order valence-corrected chi connectivity index (χ3v) is 8.24. The lowest BCUT2D eigenvalue weighted by Gasteiger charge is -2.31. The number of hydrogen-bond acceptors (Lipinski definition) is 2. The van der Waals surface area contributed by atoms with Gasteiger partial charge in [-0.05, 0) is 21.1 Å². The molecule has 2 aromatic carbocycles. The molecule has 1 heterocycles. The van der Waals surface area contributed by atoms with Gasteiger partial charge in [-0.25, -0.2) is 0 Å². The fourth-order valence-corrected chi connectivity index (χ4v) is 7.15. The summed E-state index contributed by atoms with van der Waals surface area (Å²) >= 11 is 0. The van der Waals surface area contributed by atoms with Gasteiger partial charge in [0.1, 0.15) is 0 Å². The van der Waals surface area contributed by atoms with Crippen LogP contribution in [0.25, 0.3) is 0 Å². The Labute approximate surface area is 132 Å². The number of benzene rings is 2. The summed E-state index contributed by atoms with van der Waals surface area (Å²) in [5.74, 6) is 0. The molecule has 0 unspecified atom stereocenters. The highest BCUT2D eigenvalue weighted by molar-refractivity contribution is 7.03. The summed E-state index contributed by atoms with van der Waals surface area (Å²) in [6.07, 6.45) is 2.17. The van der Waals surface area contributed by atoms with Crippen LogP contribution in [-0.4, -0.2) is 28.6 Å². The van der Waals surface area contributed by atoms with Crippen molar-refractivity contribution in [2.45, 2.75) is 0 Å². The van der Waals surface area contributed by atoms with Gasteiger partial charge >= 0.3 is 0 Å². The molecule has 3 heteroatoms. The van der Waals surface area contributed by atoms with E-state index in [1.165, 1.54) is 15.6 Å². The topological polar surface area (TPSA) is 18.5 Å². The maximum absolute atomic E-state index is 6.42. The van der Waals surface area contributed by atoms with Crippen LogP contribution in [0.4, 0.5) is 0 Å². The van der Waals surface area contributed by atoms with Crippen molar-refractivity contribution in [3.63, 3.8) is 0 Å². The van der Waals surface area contributed by atoms with Gasteiger partial charge in [0.15, 0.2) is 0 Å². The van der Waals surface area contributed by atoms with Gasteiger partial charge in [0.25, 0.3) is 8.32 Å². The fraction of sp³-hybridized carbons (Fsp3) is 0.158. The molecule has 1 aliphatic rings. The minimum atomic E-state index is -2.43. The van der Waals surface area contributed by atoms with Gasteiger partial charge < -0.3 is 9.16 Å². The van der Waals surface area contributed by atoms with Crippen molar-refractivity contribution in [1.82, 2.24) is 0 Å². The Morgan fingerprint density at radius 3 is 2.09 bits per heavy atom. The van der Waals surface area contributed by atoms with Crippen molar-refractivity contribution >= 4 is 18.7 Å². The van der Waals surface area contributed by atoms with Crippen LogP contribution < -0.4 is 10.4 Å². The zero-order valence-corrected chi connectivity index (χ0v) is 13.8. The van der Waals surface area contributed by atoms with Crippen LogP contribution in [0.5, 0.6) is 0 Å². The molecule has 0 aliphatic carbocycles. The van der Waals surface area contributed by atoms with Gasteiger partial charge in [-0.2, -0.15) is 0 Å². The molecule has 2 aromatic rings. The minimum Gasteiger partial charge on any atom is -0.400 e. The van der Waals surface area contributed by atoms with E-state index in [1.54, 1.807) is 7.11 Å². The van der Waals surface area contributed by atoms with E-state index in [-0.39, 0.29) is 0 Å². The van der Waals surface area contributed by atoms with Crippen LogP contribution in [-0.2, 0) is 9.16 Å². The molecular formula is C19H20O2Si. The molecule has 112 valence electrons. The molecule has 0 atom stereocenters. The summed E-state index contributed by atoms with van der Waals surface area (Å²) in [6.45, 7) is 5.40.